The largest absolute Gasteiger partial charge is 0.396 e. The summed E-state index contributed by atoms with van der Waals surface area (Å²) in [7, 11) is -3.55. The summed E-state index contributed by atoms with van der Waals surface area (Å²) in [6.45, 7) is 3.72. The summed E-state index contributed by atoms with van der Waals surface area (Å²) >= 11 is 0. The first-order chi connectivity index (χ1) is 9.90. The molecule has 2 rings (SSSR count). The van der Waals surface area contributed by atoms with Crippen molar-refractivity contribution >= 4 is 10.0 Å². The second-order valence-electron chi connectivity index (χ2n) is 6.13. The van der Waals surface area contributed by atoms with Crippen LogP contribution in [-0.2, 0) is 22.9 Å². The van der Waals surface area contributed by atoms with Gasteiger partial charge in [-0.15, -0.1) is 0 Å². The van der Waals surface area contributed by atoms with Crippen LogP contribution >= 0.6 is 0 Å². The lowest BCUT2D eigenvalue weighted by molar-refractivity contribution is 0.233. The first-order valence-electron chi connectivity index (χ1n) is 7.67. The molecule has 0 bridgehead atoms. The number of hydrogen-bond donors (Lipinski definition) is 2. The van der Waals surface area contributed by atoms with Crippen molar-refractivity contribution in [3.8, 4) is 0 Å². The van der Waals surface area contributed by atoms with E-state index in [4.69, 9.17) is 5.11 Å². The molecule has 1 atom stereocenters. The Balaban J connectivity index is 2.27. The van der Waals surface area contributed by atoms with Crippen LogP contribution in [0.15, 0.2) is 23.1 Å². The van der Waals surface area contributed by atoms with E-state index in [9.17, 15) is 8.42 Å². The van der Waals surface area contributed by atoms with Crippen molar-refractivity contribution < 1.29 is 13.5 Å². The Labute approximate surface area is 127 Å². The average Bonchev–Trinajstić information content (AvgIpc) is 2.46. The minimum absolute atomic E-state index is 0.0307. The molecule has 118 valence electrons. The SMILES string of the molecule is CCC(C)(CCO)NS(=O)(=O)c1ccc2c(c1)CCCC2. The van der Waals surface area contributed by atoms with Crippen LogP contribution < -0.4 is 4.72 Å². The van der Waals surface area contributed by atoms with E-state index < -0.39 is 15.6 Å². The van der Waals surface area contributed by atoms with Crippen molar-refractivity contribution in [3.63, 3.8) is 0 Å². The minimum atomic E-state index is -3.55. The summed E-state index contributed by atoms with van der Waals surface area (Å²) in [5, 5.41) is 9.12. The molecule has 0 aliphatic heterocycles. The second-order valence-corrected chi connectivity index (χ2v) is 7.81. The van der Waals surface area contributed by atoms with Gasteiger partial charge in [-0.2, -0.15) is 0 Å². The van der Waals surface area contributed by atoms with Crippen LogP contribution in [0, 0.1) is 0 Å². The standard InChI is InChI=1S/C16H25NO3S/c1-3-16(2,10-11-18)17-21(19,20)15-9-8-13-6-4-5-7-14(13)12-15/h8-9,12,17-18H,3-7,10-11H2,1-2H3. The molecular weight excluding hydrogens is 286 g/mol. The summed E-state index contributed by atoms with van der Waals surface area (Å²) < 4.78 is 27.9. The van der Waals surface area contributed by atoms with E-state index in [-0.39, 0.29) is 6.61 Å². The van der Waals surface area contributed by atoms with Crippen molar-refractivity contribution in [2.24, 2.45) is 0 Å². The van der Waals surface area contributed by atoms with Crippen LogP contribution in [-0.4, -0.2) is 25.7 Å². The lowest BCUT2D eigenvalue weighted by Gasteiger charge is -2.29. The molecule has 0 saturated carbocycles. The number of rotatable bonds is 6. The third-order valence-electron chi connectivity index (χ3n) is 4.45. The zero-order valence-electron chi connectivity index (χ0n) is 12.9. The molecule has 1 unspecified atom stereocenters. The zero-order chi connectivity index (χ0) is 15.5. The second kappa shape index (κ2) is 6.46. The molecule has 5 heteroatoms. The van der Waals surface area contributed by atoms with Gasteiger partial charge in [0.1, 0.15) is 0 Å². The quantitative estimate of drug-likeness (QED) is 0.848. The highest BCUT2D eigenvalue weighted by Gasteiger charge is 2.29. The van der Waals surface area contributed by atoms with Gasteiger partial charge in [-0.25, -0.2) is 13.1 Å². The number of aliphatic hydroxyl groups is 1. The third-order valence-corrected chi connectivity index (χ3v) is 6.09. The van der Waals surface area contributed by atoms with E-state index in [1.807, 2.05) is 26.0 Å². The van der Waals surface area contributed by atoms with E-state index in [0.29, 0.717) is 17.7 Å². The monoisotopic (exact) mass is 311 g/mol. The molecule has 0 heterocycles. The maximum atomic E-state index is 12.6. The summed E-state index contributed by atoms with van der Waals surface area (Å²) in [6.07, 6.45) is 5.36. The van der Waals surface area contributed by atoms with E-state index >= 15 is 0 Å². The van der Waals surface area contributed by atoms with E-state index in [2.05, 4.69) is 4.72 Å². The Morgan fingerprint density at radius 2 is 1.90 bits per heavy atom. The number of benzene rings is 1. The molecule has 0 fully saturated rings. The number of sulfonamides is 1. The lowest BCUT2D eigenvalue weighted by Crippen LogP contribution is -2.46. The van der Waals surface area contributed by atoms with Gasteiger partial charge in [-0.05, 0) is 68.7 Å². The number of aliphatic hydroxyl groups excluding tert-OH is 1. The van der Waals surface area contributed by atoms with Crippen LogP contribution in [0.3, 0.4) is 0 Å². The van der Waals surface area contributed by atoms with Gasteiger partial charge in [0.15, 0.2) is 0 Å². The fraction of sp³-hybridized carbons (Fsp3) is 0.625. The zero-order valence-corrected chi connectivity index (χ0v) is 13.7. The highest BCUT2D eigenvalue weighted by atomic mass is 32.2. The Morgan fingerprint density at radius 1 is 1.24 bits per heavy atom. The number of aryl methyl sites for hydroxylation is 2. The van der Waals surface area contributed by atoms with Gasteiger partial charge >= 0.3 is 0 Å². The first-order valence-corrected chi connectivity index (χ1v) is 9.15. The summed E-state index contributed by atoms with van der Waals surface area (Å²) in [6, 6.07) is 5.45. The molecular formula is C16H25NO3S. The van der Waals surface area contributed by atoms with Crippen LogP contribution in [0.5, 0.6) is 0 Å². The van der Waals surface area contributed by atoms with E-state index in [1.165, 1.54) is 12.0 Å². The molecule has 0 spiro atoms. The molecule has 0 amide bonds. The van der Waals surface area contributed by atoms with Gasteiger partial charge in [0.2, 0.25) is 10.0 Å². The fourth-order valence-electron chi connectivity index (χ4n) is 2.81. The number of hydrogen-bond acceptors (Lipinski definition) is 3. The van der Waals surface area contributed by atoms with Crippen molar-refractivity contribution in [1.29, 1.82) is 0 Å². The van der Waals surface area contributed by atoms with Crippen molar-refractivity contribution in [3.05, 3.63) is 29.3 Å². The molecule has 1 aliphatic carbocycles. The van der Waals surface area contributed by atoms with Crippen LogP contribution in [0.25, 0.3) is 0 Å². The Morgan fingerprint density at radius 3 is 2.52 bits per heavy atom. The van der Waals surface area contributed by atoms with E-state index in [0.717, 1.165) is 24.8 Å². The highest BCUT2D eigenvalue weighted by Crippen LogP contribution is 2.25. The predicted octanol–water partition coefficient (Wildman–Crippen LogP) is 2.39. The number of nitrogens with one attached hydrogen (secondary N) is 1. The summed E-state index contributed by atoms with van der Waals surface area (Å²) in [5.74, 6) is 0. The van der Waals surface area contributed by atoms with Crippen LogP contribution in [0.1, 0.15) is 50.7 Å². The minimum Gasteiger partial charge on any atom is -0.396 e. The Bertz CT molecular complexity index is 598. The maximum absolute atomic E-state index is 12.6. The van der Waals surface area contributed by atoms with Gasteiger partial charge in [-0.1, -0.05) is 13.0 Å². The molecule has 0 saturated heterocycles. The van der Waals surface area contributed by atoms with Crippen molar-refractivity contribution in [2.45, 2.75) is 62.8 Å². The van der Waals surface area contributed by atoms with Gasteiger partial charge in [-0.3, -0.25) is 0 Å². The predicted molar refractivity (Wildman–Crippen MR) is 83.8 cm³/mol. The highest BCUT2D eigenvalue weighted by molar-refractivity contribution is 7.89. The maximum Gasteiger partial charge on any atom is 0.241 e. The Kier molecular flexibility index (Phi) is 5.07. The van der Waals surface area contributed by atoms with Gasteiger partial charge in [0.25, 0.3) is 0 Å². The van der Waals surface area contributed by atoms with Crippen LogP contribution in [0.2, 0.25) is 0 Å². The van der Waals surface area contributed by atoms with Gasteiger partial charge < -0.3 is 5.11 Å². The van der Waals surface area contributed by atoms with Crippen molar-refractivity contribution in [1.82, 2.24) is 4.72 Å². The summed E-state index contributed by atoms with van der Waals surface area (Å²) in [5.41, 5.74) is 1.82. The van der Waals surface area contributed by atoms with Crippen LogP contribution in [0.4, 0.5) is 0 Å². The molecule has 1 aromatic rings. The first kappa shape index (κ1) is 16.5. The molecule has 0 radical (unpaired) electrons. The normalized spacial score (nSPS) is 18.0. The van der Waals surface area contributed by atoms with Crippen molar-refractivity contribution in [2.75, 3.05) is 6.61 Å². The summed E-state index contributed by atoms with van der Waals surface area (Å²) in [4.78, 5) is 0.334. The molecule has 21 heavy (non-hydrogen) atoms. The Hall–Kier alpha value is -0.910. The smallest absolute Gasteiger partial charge is 0.241 e. The topological polar surface area (TPSA) is 66.4 Å². The lowest BCUT2D eigenvalue weighted by atomic mass is 9.92. The molecule has 0 aromatic heterocycles. The molecule has 4 nitrogen and oxygen atoms in total. The van der Waals surface area contributed by atoms with Gasteiger partial charge in [0.05, 0.1) is 4.90 Å². The van der Waals surface area contributed by atoms with Gasteiger partial charge in [0, 0.05) is 12.1 Å². The van der Waals surface area contributed by atoms with E-state index in [1.54, 1.807) is 6.07 Å². The molecule has 2 N–H and O–H groups in total. The fourth-order valence-corrected chi connectivity index (χ4v) is 4.36. The third kappa shape index (κ3) is 3.84. The number of fused-ring (bicyclic) bond motifs is 1. The molecule has 1 aliphatic rings. The average molecular weight is 311 g/mol. The molecule has 1 aromatic carbocycles.